The first-order chi connectivity index (χ1) is 11.9. The number of ether oxygens (including phenoxy) is 1. The van der Waals surface area contributed by atoms with E-state index in [1.807, 2.05) is 32.0 Å². The summed E-state index contributed by atoms with van der Waals surface area (Å²) in [5.74, 6) is 0.517. The molecule has 132 valence electrons. The predicted octanol–water partition coefficient (Wildman–Crippen LogP) is 3.69. The third-order valence-corrected chi connectivity index (χ3v) is 4.18. The van der Waals surface area contributed by atoms with Gasteiger partial charge in [0.15, 0.2) is 0 Å². The van der Waals surface area contributed by atoms with Crippen molar-refractivity contribution in [2.24, 2.45) is 0 Å². The predicted molar refractivity (Wildman–Crippen MR) is 100 cm³/mol. The van der Waals surface area contributed by atoms with E-state index < -0.39 is 0 Å². The first-order valence-electron chi connectivity index (χ1n) is 8.20. The maximum atomic E-state index is 12.2. The molecule has 2 amide bonds. The molecule has 2 rings (SSSR count). The van der Waals surface area contributed by atoms with Crippen molar-refractivity contribution in [1.29, 1.82) is 0 Å². The van der Waals surface area contributed by atoms with E-state index >= 15 is 0 Å². The van der Waals surface area contributed by atoms with Gasteiger partial charge in [-0.25, -0.2) is 0 Å². The number of carbonyl (C=O) groups excluding carboxylic acids is 2. The first-order valence-corrected chi connectivity index (χ1v) is 8.20. The van der Waals surface area contributed by atoms with Gasteiger partial charge in [-0.2, -0.15) is 0 Å². The molecule has 0 radical (unpaired) electrons. The number of rotatable bonds is 6. The van der Waals surface area contributed by atoms with Crippen molar-refractivity contribution < 1.29 is 14.3 Å². The smallest absolute Gasteiger partial charge is 0.226 e. The molecule has 0 atom stereocenters. The molecule has 0 heterocycles. The van der Waals surface area contributed by atoms with Gasteiger partial charge in [-0.15, -0.1) is 0 Å². The largest absolute Gasteiger partial charge is 0.497 e. The zero-order valence-corrected chi connectivity index (χ0v) is 15.1. The van der Waals surface area contributed by atoms with Crippen molar-refractivity contribution in [1.82, 2.24) is 0 Å². The molecule has 0 spiro atoms. The van der Waals surface area contributed by atoms with Crippen LogP contribution in [0.5, 0.6) is 5.75 Å². The third-order valence-electron chi connectivity index (χ3n) is 4.18. The number of carbonyl (C=O) groups is 2. The number of hydrogen-bond acceptors (Lipinski definition) is 3. The summed E-state index contributed by atoms with van der Waals surface area (Å²) in [6.07, 6.45) is 0.221. The molecule has 0 aliphatic rings. The fourth-order valence-corrected chi connectivity index (χ4v) is 2.59. The Morgan fingerprint density at radius 2 is 1.76 bits per heavy atom. The summed E-state index contributed by atoms with van der Waals surface area (Å²) in [7, 11) is 1.59. The molecule has 5 heteroatoms. The van der Waals surface area contributed by atoms with Gasteiger partial charge >= 0.3 is 0 Å². The molecular formula is C20H24N2O3. The Morgan fingerprint density at radius 1 is 1.08 bits per heavy atom. The van der Waals surface area contributed by atoms with E-state index in [0.717, 1.165) is 22.6 Å². The van der Waals surface area contributed by atoms with Crippen LogP contribution in [-0.4, -0.2) is 25.5 Å². The molecule has 0 saturated carbocycles. The van der Waals surface area contributed by atoms with Crippen LogP contribution in [0, 0.1) is 13.8 Å². The molecule has 2 aromatic carbocycles. The van der Waals surface area contributed by atoms with Crippen molar-refractivity contribution in [3.05, 3.63) is 53.6 Å². The van der Waals surface area contributed by atoms with Crippen molar-refractivity contribution in [2.75, 3.05) is 23.9 Å². The molecular weight excluding hydrogens is 316 g/mol. The van der Waals surface area contributed by atoms with Gasteiger partial charge in [0.1, 0.15) is 5.75 Å². The first kappa shape index (κ1) is 18.5. The topological polar surface area (TPSA) is 58.6 Å². The van der Waals surface area contributed by atoms with E-state index in [-0.39, 0.29) is 18.2 Å². The minimum Gasteiger partial charge on any atom is -0.497 e. The summed E-state index contributed by atoms with van der Waals surface area (Å²) >= 11 is 0. The number of methoxy groups -OCH3 is 1. The Labute approximate surface area is 148 Å². The molecule has 0 fully saturated rings. The quantitative estimate of drug-likeness (QED) is 0.872. The van der Waals surface area contributed by atoms with Gasteiger partial charge in [-0.05, 0) is 55.3 Å². The lowest BCUT2D eigenvalue weighted by atomic mass is 10.1. The number of amides is 2. The van der Waals surface area contributed by atoms with Crippen LogP contribution in [0.15, 0.2) is 42.5 Å². The van der Waals surface area contributed by atoms with Crippen LogP contribution in [0.1, 0.15) is 24.5 Å². The molecule has 0 saturated heterocycles. The summed E-state index contributed by atoms with van der Waals surface area (Å²) in [5.41, 5.74) is 3.72. The van der Waals surface area contributed by atoms with Crippen LogP contribution < -0.4 is 15.0 Å². The Bertz CT molecular complexity index is 754. The normalized spacial score (nSPS) is 10.2. The van der Waals surface area contributed by atoms with E-state index in [9.17, 15) is 9.59 Å². The van der Waals surface area contributed by atoms with E-state index in [4.69, 9.17) is 4.74 Å². The molecule has 0 bridgehead atoms. The zero-order valence-electron chi connectivity index (χ0n) is 15.1. The van der Waals surface area contributed by atoms with Gasteiger partial charge in [0.25, 0.3) is 0 Å². The number of anilines is 2. The van der Waals surface area contributed by atoms with Gasteiger partial charge in [0, 0.05) is 31.3 Å². The van der Waals surface area contributed by atoms with Gasteiger partial charge in [-0.3, -0.25) is 9.59 Å². The van der Waals surface area contributed by atoms with E-state index in [0.29, 0.717) is 12.2 Å². The average Bonchev–Trinajstić information content (AvgIpc) is 2.59. The van der Waals surface area contributed by atoms with Crippen LogP contribution in [-0.2, 0) is 9.59 Å². The van der Waals surface area contributed by atoms with E-state index in [2.05, 4.69) is 5.32 Å². The molecule has 0 aliphatic heterocycles. The zero-order chi connectivity index (χ0) is 18.4. The lowest BCUT2D eigenvalue weighted by Gasteiger charge is -2.23. The lowest BCUT2D eigenvalue weighted by Crippen LogP contribution is -2.32. The number of nitrogens with zero attached hydrogens (tertiary/aromatic N) is 1. The monoisotopic (exact) mass is 340 g/mol. The van der Waals surface area contributed by atoms with Crippen molar-refractivity contribution in [3.63, 3.8) is 0 Å². The van der Waals surface area contributed by atoms with E-state index in [1.165, 1.54) is 6.92 Å². The van der Waals surface area contributed by atoms with Crippen LogP contribution in [0.2, 0.25) is 0 Å². The molecule has 0 unspecified atom stereocenters. The van der Waals surface area contributed by atoms with Gasteiger partial charge in [0.05, 0.1) is 7.11 Å². The Hall–Kier alpha value is -2.82. The minimum absolute atomic E-state index is 0.0778. The second kappa shape index (κ2) is 8.33. The van der Waals surface area contributed by atoms with Gasteiger partial charge in [0.2, 0.25) is 11.8 Å². The Morgan fingerprint density at radius 3 is 2.36 bits per heavy atom. The van der Waals surface area contributed by atoms with Crippen LogP contribution in [0.4, 0.5) is 11.4 Å². The van der Waals surface area contributed by atoms with Crippen LogP contribution in [0.3, 0.4) is 0 Å². The summed E-state index contributed by atoms with van der Waals surface area (Å²) in [6, 6.07) is 13.0. The highest BCUT2D eigenvalue weighted by atomic mass is 16.5. The Kier molecular flexibility index (Phi) is 6.17. The number of benzene rings is 2. The van der Waals surface area contributed by atoms with Crippen molar-refractivity contribution in [2.45, 2.75) is 27.2 Å². The molecule has 1 N–H and O–H groups in total. The highest BCUT2D eigenvalue weighted by Crippen LogP contribution is 2.23. The summed E-state index contributed by atoms with van der Waals surface area (Å²) in [5, 5.41) is 2.83. The summed E-state index contributed by atoms with van der Waals surface area (Å²) in [6.45, 7) is 5.84. The highest BCUT2D eigenvalue weighted by Gasteiger charge is 2.16. The maximum Gasteiger partial charge on any atom is 0.226 e. The van der Waals surface area contributed by atoms with Gasteiger partial charge < -0.3 is 15.0 Å². The molecule has 25 heavy (non-hydrogen) atoms. The lowest BCUT2D eigenvalue weighted by molar-refractivity contribution is -0.117. The SMILES string of the molecule is COc1ccc(NC(=O)CCN(C(C)=O)c2cccc(C)c2C)cc1. The summed E-state index contributed by atoms with van der Waals surface area (Å²) < 4.78 is 5.09. The number of nitrogens with one attached hydrogen (secondary N) is 1. The number of hydrogen-bond donors (Lipinski definition) is 1. The number of aryl methyl sites for hydroxylation is 1. The minimum atomic E-state index is -0.137. The fraction of sp³-hybridized carbons (Fsp3) is 0.300. The second-order valence-electron chi connectivity index (χ2n) is 5.92. The second-order valence-corrected chi connectivity index (χ2v) is 5.92. The van der Waals surface area contributed by atoms with Crippen LogP contribution in [0.25, 0.3) is 0 Å². The fourth-order valence-electron chi connectivity index (χ4n) is 2.59. The summed E-state index contributed by atoms with van der Waals surface area (Å²) in [4.78, 5) is 25.9. The molecule has 0 aromatic heterocycles. The molecule has 2 aromatic rings. The standard InChI is InChI=1S/C20H24N2O3/c1-14-6-5-7-19(15(14)2)22(16(3)23)13-12-20(24)21-17-8-10-18(25-4)11-9-17/h5-11H,12-13H2,1-4H3,(H,21,24). The average molecular weight is 340 g/mol. The van der Waals surface area contributed by atoms with Crippen molar-refractivity contribution >= 4 is 23.2 Å². The molecule has 5 nitrogen and oxygen atoms in total. The van der Waals surface area contributed by atoms with Crippen LogP contribution >= 0.6 is 0 Å². The Balaban J connectivity index is 2.01. The van der Waals surface area contributed by atoms with E-state index in [1.54, 1.807) is 36.3 Å². The highest BCUT2D eigenvalue weighted by molar-refractivity contribution is 5.95. The van der Waals surface area contributed by atoms with Crippen molar-refractivity contribution in [3.8, 4) is 5.75 Å². The van der Waals surface area contributed by atoms with Gasteiger partial charge in [-0.1, -0.05) is 12.1 Å². The third kappa shape index (κ3) is 4.83. The molecule has 0 aliphatic carbocycles. The maximum absolute atomic E-state index is 12.2.